The van der Waals surface area contributed by atoms with E-state index >= 15 is 0 Å². The Kier molecular flexibility index (Phi) is 3.01. The minimum absolute atomic E-state index is 0.342. The molecule has 0 unspecified atom stereocenters. The van der Waals surface area contributed by atoms with Crippen LogP contribution in [0.2, 0.25) is 18.1 Å². The van der Waals surface area contributed by atoms with E-state index in [2.05, 4.69) is 40.8 Å². The van der Waals surface area contributed by atoms with E-state index in [1.807, 2.05) is 0 Å². The number of halogens is 1. The van der Waals surface area contributed by atoms with Gasteiger partial charge in [-0.1, -0.05) is 40.8 Å². The van der Waals surface area contributed by atoms with Crippen LogP contribution in [0.25, 0.3) is 0 Å². The average molecular weight is 179 g/mol. The highest BCUT2D eigenvalue weighted by Gasteiger charge is 2.39. The Morgan fingerprint density at radius 2 is 1.50 bits per heavy atom. The molecule has 0 nitrogen and oxygen atoms in total. The topological polar surface area (TPSA) is 0 Å². The lowest BCUT2D eigenvalue weighted by atomic mass is 9.99. The third kappa shape index (κ3) is 1.99. The van der Waals surface area contributed by atoms with Crippen LogP contribution in [0.3, 0.4) is 0 Å². The highest BCUT2D eigenvalue weighted by Crippen LogP contribution is 2.45. The number of rotatable bonds is 2. The molecule has 0 aliphatic heterocycles. The van der Waals surface area contributed by atoms with Crippen molar-refractivity contribution in [3.63, 3.8) is 0 Å². The SMILES string of the molecule is CC(C)C(C)(C)[Si](C)(C)Cl. The van der Waals surface area contributed by atoms with Crippen molar-refractivity contribution in [3.8, 4) is 0 Å². The predicted octanol–water partition coefficient (Wildman–Crippen LogP) is 3.87. The molecule has 0 aromatic rings. The maximum Gasteiger partial charge on any atom is 0.156 e. The Labute approximate surface area is 70.7 Å². The minimum atomic E-state index is -1.48. The fourth-order valence-electron chi connectivity index (χ4n) is 0.686. The Bertz CT molecular complexity index is 111. The van der Waals surface area contributed by atoms with Crippen molar-refractivity contribution in [2.75, 3.05) is 0 Å². The normalized spacial score (nSPS) is 14.4. The fourth-order valence-corrected chi connectivity index (χ4v) is 2.71. The van der Waals surface area contributed by atoms with E-state index in [1.54, 1.807) is 0 Å². The quantitative estimate of drug-likeness (QED) is 0.445. The molecule has 0 saturated heterocycles. The van der Waals surface area contributed by atoms with Crippen LogP contribution in [0.5, 0.6) is 0 Å². The van der Waals surface area contributed by atoms with E-state index in [-0.39, 0.29) is 0 Å². The summed E-state index contributed by atoms with van der Waals surface area (Å²) >= 11 is 6.36. The summed E-state index contributed by atoms with van der Waals surface area (Å²) in [6.07, 6.45) is 0. The van der Waals surface area contributed by atoms with Gasteiger partial charge in [-0.05, 0) is 11.0 Å². The van der Waals surface area contributed by atoms with Crippen molar-refractivity contribution in [3.05, 3.63) is 0 Å². The molecule has 0 rings (SSSR count). The fraction of sp³-hybridized carbons (Fsp3) is 1.00. The van der Waals surface area contributed by atoms with E-state index in [1.165, 1.54) is 0 Å². The summed E-state index contributed by atoms with van der Waals surface area (Å²) in [4.78, 5) is 0. The van der Waals surface area contributed by atoms with Gasteiger partial charge in [-0.15, -0.1) is 0 Å². The van der Waals surface area contributed by atoms with Crippen molar-refractivity contribution < 1.29 is 0 Å². The Morgan fingerprint density at radius 3 is 1.50 bits per heavy atom. The van der Waals surface area contributed by atoms with E-state index < -0.39 is 7.38 Å². The molecule has 10 heavy (non-hydrogen) atoms. The third-order valence-electron chi connectivity index (χ3n) is 2.98. The zero-order valence-electron chi connectivity index (χ0n) is 7.96. The lowest BCUT2D eigenvalue weighted by molar-refractivity contribution is 0.465. The van der Waals surface area contributed by atoms with Crippen LogP contribution in [-0.4, -0.2) is 7.38 Å². The number of hydrogen-bond acceptors (Lipinski definition) is 0. The summed E-state index contributed by atoms with van der Waals surface area (Å²) in [6.45, 7) is 13.5. The Morgan fingerprint density at radius 1 is 1.20 bits per heavy atom. The molecule has 0 atom stereocenters. The summed E-state index contributed by atoms with van der Waals surface area (Å²) in [5.74, 6) is 0.687. The maximum absolute atomic E-state index is 6.36. The van der Waals surface area contributed by atoms with Gasteiger partial charge in [0.25, 0.3) is 0 Å². The zero-order chi connectivity index (χ0) is 8.58. The summed E-state index contributed by atoms with van der Waals surface area (Å²) < 4.78 is 0. The van der Waals surface area contributed by atoms with Crippen molar-refractivity contribution >= 4 is 18.5 Å². The number of hydrogen-bond donors (Lipinski definition) is 0. The molecule has 0 radical (unpaired) electrons. The van der Waals surface area contributed by atoms with Crippen LogP contribution in [0.1, 0.15) is 27.7 Å². The van der Waals surface area contributed by atoms with E-state index in [9.17, 15) is 0 Å². The molecule has 0 aliphatic carbocycles. The van der Waals surface area contributed by atoms with Crippen LogP contribution in [0, 0.1) is 5.92 Å². The second kappa shape index (κ2) is 2.86. The molecule has 0 heterocycles. The van der Waals surface area contributed by atoms with Crippen molar-refractivity contribution in [2.24, 2.45) is 5.92 Å². The molecular formula is C8H19ClSi. The first kappa shape index (κ1) is 10.5. The largest absolute Gasteiger partial charge is 0.167 e. The predicted molar refractivity (Wildman–Crippen MR) is 52.2 cm³/mol. The van der Waals surface area contributed by atoms with E-state index in [0.29, 0.717) is 11.0 Å². The lowest BCUT2D eigenvalue weighted by Gasteiger charge is -2.38. The Balaban J connectivity index is 4.40. The van der Waals surface area contributed by atoms with Gasteiger partial charge in [0, 0.05) is 0 Å². The van der Waals surface area contributed by atoms with Crippen LogP contribution in [0.4, 0.5) is 0 Å². The van der Waals surface area contributed by atoms with E-state index in [0.717, 1.165) is 0 Å². The van der Waals surface area contributed by atoms with Gasteiger partial charge >= 0.3 is 0 Å². The summed E-state index contributed by atoms with van der Waals surface area (Å²) in [5.41, 5.74) is 0. The standard InChI is InChI=1S/C8H19ClSi/c1-7(2)8(3,4)10(5,6)9/h7H,1-6H3. The van der Waals surface area contributed by atoms with Crippen LogP contribution < -0.4 is 0 Å². The van der Waals surface area contributed by atoms with Gasteiger partial charge in [0.2, 0.25) is 0 Å². The van der Waals surface area contributed by atoms with Gasteiger partial charge < -0.3 is 0 Å². The molecule has 62 valence electrons. The average Bonchev–Trinajstić information content (AvgIpc) is 1.62. The highest BCUT2D eigenvalue weighted by atomic mass is 35.6. The molecular weight excluding hydrogens is 160 g/mol. The first-order valence-corrected chi connectivity index (χ1v) is 7.89. The summed E-state index contributed by atoms with van der Waals surface area (Å²) in [6, 6.07) is 0. The van der Waals surface area contributed by atoms with Gasteiger partial charge in [0.15, 0.2) is 7.38 Å². The zero-order valence-corrected chi connectivity index (χ0v) is 9.71. The molecule has 0 fully saturated rings. The molecule has 0 aliphatic rings. The summed E-state index contributed by atoms with van der Waals surface area (Å²) in [7, 11) is -1.48. The molecule has 0 saturated carbocycles. The first-order chi connectivity index (χ1) is 4.19. The smallest absolute Gasteiger partial charge is 0.156 e. The van der Waals surface area contributed by atoms with Gasteiger partial charge in [-0.2, -0.15) is 11.1 Å². The van der Waals surface area contributed by atoms with Crippen LogP contribution in [-0.2, 0) is 0 Å². The van der Waals surface area contributed by atoms with Gasteiger partial charge in [0.1, 0.15) is 0 Å². The Hall–Kier alpha value is 0.507. The lowest BCUT2D eigenvalue weighted by Crippen LogP contribution is -2.36. The third-order valence-corrected chi connectivity index (χ3v) is 8.08. The van der Waals surface area contributed by atoms with E-state index in [4.69, 9.17) is 11.1 Å². The van der Waals surface area contributed by atoms with Crippen molar-refractivity contribution in [2.45, 2.75) is 45.8 Å². The summed E-state index contributed by atoms with van der Waals surface area (Å²) in [5, 5.41) is 0.342. The monoisotopic (exact) mass is 178 g/mol. The first-order valence-electron chi connectivity index (χ1n) is 3.88. The molecule has 0 spiro atoms. The van der Waals surface area contributed by atoms with Gasteiger partial charge in [-0.3, -0.25) is 0 Å². The van der Waals surface area contributed by atoms with Crippen molar-refractivity contribution in [1.82, 2.24) is 0 Å². The van der Waals surface area contributed by atoms with Crippen LogP contribution >= 0.6 is 11.1 Å². The van der Waals surface area contributed by atoms with Crippen LogP contribution in [0.15, 0.2) is 0 Å². The second-order valence-electron chi connectivity index (χ2n) is 4.35. The molecule has 0 aromatic heterocycles. The molecule has 0 aromatic carbocycles. The van der Waals surface area contributed by atoms with Gasteiger partial charge in [-0.25, -0.2) is 0 Å². The molecule has 0 amide bonds. The molecule has 2 heteroatoms. The minimum Gasteiger partial charge on any atom is -0.167 e. The van der Waals surface area contributed by atoms with Gasteiger partial charge in [0.05, 0.1) is 0 Å². The second-order valence-corrected chi connectivity index (χ2v) is 11.4. The maximum atomic E-state index is 6.36. The van der Waals surface area contributed by atoms with Crippen molar-refractivity contribution in [1.29, 1.82) is 0 Å². The highest BCUT2D eigenvalue weighted by molar-refractivity contribution is 7.20. The molecule has 0 N–H and O–H groups in total. The molecule has 0 bridgehead atoms.